The molecule has 0 amide bonds. The zero-order valence-electron chi connectivity index (χ0n) is 11.6. The van der Waals surface area contributed by atoms with Gasteiger partial charge in [-0.25, -0.2) is 4.98 Å². The molecule has 6 heteroatoms. The lowest BCUT2D eigenvalue weighted by atomic mass is 10.3. The second-order valence-electron chi connectivity index (χ2n) is 4.47. The number of halogens is 1. The summed E-state index contributed by atoms with van der Waals surface area (Å²) >= 11 is 6.02. The maximum absolute atomic E-state index is 6.02. The van der Waals surface area contributed by atoms with Gasteiger partial charge in [-0.2, -0.15) is 0 Å². The van der Waals surface area contributed by atoms with E-state index in [2.05, 4.69) is 15.2 Å². The Morgan fingerprint density at radius 2 is 1.95 bits per heavy atom. The third-order valence-electron chi connectivity index (χ3n) is 3.06. The van der Waals surface area contributed by atoms with Gasteiger partial charge in [0.25, 0.3) is 0 Å². The Hall–Kier alpha value is -2.40. The molecule has 3 aromatic rings. The summed E-state index contributed by atoms with van der Waals surface area (Å²) in [4.78, 5) is 4.43. The molecule has 0 aliphatic rings. The van der Waals surface area contributed by atoms with Gasteiger partial charge in [0.05, 0.1) is 17.8 Å². The number of hydrogen-bond acceptors (Lipinski definition) is 4. The van der Waals surface area contributed by atoms with Gasteiger partial charge in [-0.05, 0) is 31.2 Å². The number of methoxy groups -OCH3 is 1. The van der Waals surface area contributed by atoms with Crippen LogP contribution in [0.2, 0.25) is 5.02 Å². The van der Waals surface area contributed by atoms with Crippen molar-refractivity contribution < 1.29 is 4.74 Å². The molecular weight excluding hydrogens is 288 g/mol. The van der Waals surface area contributed by atoms with Crippen molar-refractivity contribution >= 4 is 28.8 Å². The molecule has 106 valence electrons. The zero-order valence-corrected chi connectivity index (χ0v) is 12.4. The first-order valence-corrected chi connectivity index (χ1v) is 6.76. The number of aromatic nitrogens is 2. The van der Waals surface area contributed by atoms with Crippen molar-refractivity contribution in [2.24, 2.45) is 10.2 Å². The molecule has 3 rings (SSSR count). The van der Waals surface area contributed by atoms with E-state index in [0.29, 0.717) is 22.3 Å². The molecule has 0 N–H and O–H groups in total. The summed E-state index contributed by atoms with van der Waals surface area (Å²) in [6, 6.07) is 11.1. The number of nitrogens with zero attached hydrogens (tertiary/aromatic N) is 4. The highest BCUT2D eigenvalue weighted by Gasteiger charge is 2.08. The van der Waals surface area contributed by atoms with E-state index in [-0.39, 0.29) is 0 Å². The van der Waals surface area contributed by atoms with Crippen molar-refractivity contribution in [3.05, 3.63) is 53.3 Å². The van der Waals surface area contributed by atoms with Crippen molar-refractivity contribution in [1.82, 2.24) is 9.38 Å². The molecule has 0 radical (unpaired) electrons. The minimum absolute atomic E-state index is 0.619. The first kappa shape index (κ1) is 13.6. The van der Waals surface area contributed by atoms with Crippen molar-refractivity contribution in [2.75, 3.05) is 7.11 Å². The lowest BCUT2D eigenvalue weighted by Gasteiger charge is -2.02. The van der Waals surface area contributed by atoms with E-state index >= 15 is 0 Å². The van der Waals surface area contributed by atoms with E-state index in [9.17, 15) is 0 Å². The topological polar surface area (TPSA) is 51.2 Å². The summed E-state index contributed by atoms with van der Waals surface area (Å²) in [6.45, 7) is 1.89. The van der Waals surface area contributed by atoms with Crippen LogP contribution in [0.25, 0.3) is 5.65 Å². The van der Waals surface area contributed by atoms with E-state index in [4.69, 9.17) is 16.3 Å². The van der Waals surface area contributed by atoms with Crippen LogP contribution in [0.5, 0.6) is 5.75 Å². The van der Waals surface area contributed by atoms with E-state index in [1.807, 2.05) is 41.7 Å². The van der Waals surface area contributed by atoms with E-state index in [1.165, 1.54) is 0 Å². The highest BCUT2D eigenvalue weighted by atomic mass is 35.5. The third kappa shape index (κ3) is 2.60. The summed E-state index contributed by atoms with van der Waals surface area (Å²) in [5.41, 5.74) is 2.23. The summed E-state index contributed by atoms with van der Waals surface area (Å²) < 4.78 is 7.07. The van der Waals surface area contributed by atoms with Crippen molar-refractivity contribution in [2.45, 2.75) is 6.92 Å². The Bertz CT molecular complexity index is 826. The van der Waals surface area contributed by atoms with Gasteiger partial charge in [0.1, 0.15) is 17.1 Å². The molecule has 0 saturated heterocycles. The minimum atomic E-state index is 0.619. The number of benzene rings is 1. The van der Waals surface area contributed by atoms with Gasteiger partial charge < -0.3 is 4.74 Å². The van der Waals surface area contributed by atoms with Crippen LogP contribution in [0.15, 0.2) is 52.8 Å². The quantitative estimate of drug-likeness (QED) is 0.657. The number of rotatable bonds is 3. The van der Waals surface area contributed by atoms with E-state index in [1.54, 1.807) is 19.4 Å². The van der Waals surface area contributed by atoms with Crippen LogP contribution in [0.3, 0.4) is 0 Å². The largest absolute Gasteiger partial charge is 0.494 e. The Labute approximate surface area is 126 Å². The van der Waals surface area contributed by atoms with Crippen LogP contribution in [0, 0.1) is 6.92 Å². The van der Waals surface area contributed by atoms with Crippen LogP contribution in [-0.4, -0.2) is 16.5 Å². The van der Waals surface area contributed by atoms with Gasteiger partial charge in [-0.15, -0.1) is 10.2 Å². The average Bonchev–Trinajstić information content (AvgIpc) is 2.80. The predicted molar refractivity (Wildman–Crippen MR) is 82.1 cm³/mol. The summed E-state index contributed by atoms with van der Waals surface area (Å²) in [5, 5.41) is 9.18. The summed E-state index contributed by atoms with van der Waals surface area (Å²) in [5.74, 6) is 1.32. The fourth-order valence-electron chi connectivity index (χ4n) is 2.06. The molecule has 5 nitrogen and oxygen atoms in total. The lowest BCUT2D eigenvalue weighted by molar-refractivity contribution is 0.416. The second-order valence-corrected chi connectivity index (χ2v) is 4.90. The molecule has 0 atom stereocenters. The maximum atomic E-state index is 6.02. The van der Waals surface area contributed by atoms with Crippen molar-refractivity contribution in [1.29, 1.82) is 0 Å². The van der Waals surface area contributed by atoms with E-state index in [0.717, 1.165) is 11.3 Å². The molecule has 0 fully saturated rings. The van der Waals surface area contributed by atoms with Gasteiger partial charge in [0.15, 0.2) is 5.82 Å². The van der Waals surface area contributed by atoms with Gasteiger partial charge >= 0.3 is 0 Å². The monoisotopic (exact) mass is 300 g/mol. The van der Waals surface area contributed by atoms with E-state index < -0.39 is 0 Å². The molecule has 2 aromatic heterocycles. The SMILES string of the molecule is COc1ccccc1N=Nc1c(C)nc2ccc(Cl)cn12. The lowest BCUT2D eigenvalue weighted by Crippen LogP contribution is -1.83. The van der Waals surface area contributed by atoms with Crippen LogP contribution < -0.4 is 4.74 Å². The Balaban J connectivity index is 2.07. The molecule has 0 saturated carbocycles. The first-order chi connectivity index (χ1) is 10.2. The number of imidazole rings is 1. The fourth-order valence-corrected chi connectivity index (χ4v) is 2.22. The van der Waals surface area contributed by atoms with Gasteiger partial charge in [0.2, 0.25) is 0 Å². The average molecular weight is 301 g/mol. The van der Waals surface area contributed by atoms with Crippen molar-refractivity contribution in [3.63, 3.8) is 0 Å². The molecule has 0 bridgehead atoms. The van der Waals surface area contributed by atoms with Gasteiger partial charge in [0, 0.05) is 6.20 Å². The number of hydrogen-bond donors (Lipinski definition) is 0. The van der Waals surface area contributed by atoms with Crippen LogP contribution in [-0.2, 0) is 0 Å². The third-order valence-corrected chi connectivity index (χ3v) is 3.29. The zero-order chi connectivity index (χ0) is 14.8. The van der Waals surface area contributed by atoms with Gasteiger partial charge in [-0.1, -0.05) is 23.7 Å². The second kappa shape index (κ2) is 5.54. The Morgan fingerprint density at radius 3 is 2.76 bits per heavy atom. The first-order valence-electron chi connectivity index (χ1n) is 6.38. The number of ether oxygens (including phenoxy) is 1. The molecule has 1 aromatic carbocycles. The highest BCUT2D eigenvalue weighted by molar-refractivity contribution is 6.30. The number of fused-ring (bicyclic) bond motifs is 1. The number of para-hydroxylation sites is 1. The Kier molecular flexibility index (Phi) is 3.58. The highest BCUT2D eigenvalue weighted by Crippen LogP contribution is 2.30. The summed E-state index contributed by atoms with van der Waals surface area (Å²) in [7, 11) is 1.60. The molecule has 0 aliphatic carbocycles. The molecule has 21 heavy (non-hydrogen) atoms. The molecule has 2 heterocycles. The van der Waals surface area contributed by atoms with Gasteiger partial charge in [-0.3, -0.25) is 4.40 Å². The molecule has 0 spiro atoms. The standard InChI is InChI=1S/C15H13ClN4O/c1-10-15(20-9-11(16)7-8-14(20)17-10)19-18-12-5-3-4-6-13(12)21-2/h3-9H,1-2H3. The fraction of sp³-hybridized carbons (Fsp3) is 0.133. The Morgan fingerprint density at radius 1 is 1.14 bits per heavy atom. The summed E-state index contributed by atoms with van der Waals surface area (Å²) in [6.07, 6.45) is 1.77. The van der Waals surface area contributed by atoms with Crippen molar-refractivity contribution in [3.8, 4) is 5.75 Å². The molecule has 0 unspecified atom stereocenters. The number of aryl methyl sites for hydroxylation is 1. The van der Waals surface area contributed by atoms with Crippen LogP contribution >= 0.6 is 11.6 Å². The normalized spacial score (nSPS) is 11.4. The number of azo groups is 1. The molecular formula is C15H13ClN4O. The predicted octanol–water partition coefficient (Wildman–Crippen LogP) is 4.72. The number of pyridine rings is 1. The maximum Gasteiger partial charge on any atom is 0.182 e. The smallest absolute Gasteiger partial charge is 0.182 e. The molecule has 0 aliphatic heterocycles. The van der Waals surface area contributed by atoms with Crippen LogP contribution in [0.4, 0.5) is 11.5 Å². The van der Waals surface area contributed by atoms with Crippen LogP contribution in [0.1, 0.15) is 5.69 Å². The minimum Gasteiger partial charge on any atom is -0.494 e.